The molecule has 0 saturated heterocycles. The average Bonchev–Trinajstić information content (AvgIpc) is 3.64. The minimum atomic E-state index is -5.68. The zero-order valence-electron chi connectivity index (χ0n) is 24.7. The highest BCUT2D eigenvalue weighted by atomic mass is 19.4. The number of oxazole rings is 2. The van der Waals surface area contributed by atoms with Crippen molar-refractivity contribution in [1.29, 1.82) is 0 Å². The van der Waals surface area contributed by atoms with Gasteiger partial charge in [-0.25, -0.2) is 9.97 Å². The van der Waals surface area contributed by atoms with Gasteiger partial charge in [0.05, 0.1) is 0 Å². The summed E-state index contributed by atoms with van der Waals surface area (Å²) in [7, 11) is 0. The lowest BCUT2D eigenvalue weighted by molar-refractivity contribution is -0.288. The molecule has 2 heterocycles. The number of aromatic nitrogens is 2. The van der Waals surface area contributed by atoms with Gasteiger partial charge in [0.25, 0.3) is 0 Å². The maximum absolute atomic E-state index is 14.6. The summed E-state index contributed by atoms with van der Waals surface area (Å²) in [4.78, 5) is 8.98. The average molecular weight is 641 g/mol. The molecule has 0 N–H and O–H groups in total. The van der Waals surface area contributed by atoms with Crippen molar-refractivity contribution in [2.45, 2.75) is 31.6 Å². The van der Waals surface area contributed by atoms with Crippen LogP contribution in [-0.2, 0) is 5.41 Å². The lowest BCUT2D eigenvalue weighted by Crippen LogP contribution is -2.54. The van der Waals surface area contributed by atoms with Crippen LogP contribution >= 0.6 is 0 Å². The molecule has 0 spiro atoms. The maximum Gasteiger partial charge on any atom is 0.411 e. The van der Waals surface area contributed by atoms with E-state index in [1.807, 2.05) is 42.5 Å². The van der Waals surface area contributed by atoms with E-state index in [0.29, 0.717) is 28.1 Å². The molecule has 0 unspecified atom stereocenters. The molecule has 10 heteroatoms. The minimum absolute atomic E-state index is 0.0656. The second-order valence-corrected chi connectivity index (χ2v) is 11.7. The quantitative estimate of drug-likeness (QED) is 0.142. The third-order valence-electron chi connectivity index (χ3n) is 8.89. The third-order valence-corrected chi connectivity index (χ3v) is 8.89. The fourth-order valence-electron chi connectivity index (χ4n) is 6.70. The van der Waals surface area contributed by atoms with E-state index in [1.54, 1.807) is 19.9 Å². The highest BCUT2D eigenvalue weighted by molar-refractivity contribution is 6.26. The smallest absolute Gasteiger partial charge is 0.411 e. The topological polar surface area (TPSA) is 52.1 Å². The van der Waals surface area contributed by atoms with Gasteiger partial charge in [0, 0.05) is 23.3 Å². The van der Waals surface area contributed by atoms with E-state index in [0.717, 1.165) is 62.1 Å². The summed E-state index contributed by atoms with van der Waals surface area (Å²) >= 11 is 0. The summed E-state index contributed by atoms with van der Waals surface area (Å²) in [6, 6.07) is 23.7. The Hall–Kier alpha value is -5.38. The molecule has 8 aromatic rings. The van der Waals surface area contributed by atoms with Crippen molar-refractivity contribution >= 4 is 54.5 Å². The Kier molecular flexibility index (Phi) is 6.06. The number of benzene rings is 6. The first kappa shape index (κ1) is 29.1. The number of hydrogen-bond acceptors (Lipinski definition) is 4. The van der Waals surface area contributed by atoms with E-state index in [1.165, 1.54) is 24.3 Å². The van der Waals surface area contributed by atoms with Crippen molar-refractivity contribution in [2.75, 3.05) is 0 Å². The lowest BCUT2D eigenvalue weighted by Gasteiger charge is -2.38. The van der Waals surface area contributed by atoms with Crippen molar-refractivity contribution in [3.63, 3.8) is 0 Å². The molecule has 4 nitrogen and oxygen atoms in total. The molecule has 0 amide bonds. The number of rotatable bonds is 3. The van der Waals surface area contributed by atoms with E-state index in [4.69, 9.17) is 8.83 Å². The Morgan fingerprint density at radius 1 is 0.511 bits per heavy atom. The molecule has 0 bridgehead atoms. The molecule has 8 rings (SSSR count). The van der Waals surface area contributed by atoms with E-state index in [-0.39, 0.29) is 11.5 Å². The fraction of sp³-hybridized carbons (Fsp3) is 0.135. The molecular weight excluding hydrogens is 618 g/mol. The molecule has 2 aromatic heterocycles. The number of halogens is 6. The Morgan fingerprint density at radius 3 is 1.55 bits per heavy atom. The van der Waals surface area contributed by atoms with E-state index >= 15 is 0 Å². The Bertz CT molecular complexity index is 2490. The molecule has 0 radical (unpaired) electrons. The van der Waals surface area contributed by atoms with Crippen LogP contribution in [0.4, 0.5) is 26.3 Å². The second-order valence-electron chi connectivity index (χ2n) is 11.7. The van der Waals surface area contributed by atoms with Crippen LogP contribution in [0.15, 0.2) is 106 Å². The van der Waals surface area contributed by atoms with E-state index < -0.39 is 28.9 Å². The summed E-state index contributed by atoms with van der Waals surface area (Å²) in [5.41, 5.74) is -2.96. The predicted octanol–water partition coefficient (Wildman–Crippen LogP) is 11.1. The van der Waals surface area contributed by atoms with Gasteiger partial charge < -0.3 is 8.83 Å². The van der Waals surface area contributed by atoms with Gasteiger partial charge in [-0.2, -0.15) is 26.3 Å². The van der Waals surface area contributed by atoms with Crippen molar-refractivity contribution in [3.05, 3.63) is 120 Å². The third kappa shape index (κ3) is 4.16. The minimum Gasteiger partial charge on any atom is -0.440 e. The fourth-order valence-corrected chi connectivity index (χ4v) is 6.70. The van der Waals surface area contributed by atoms with Crippen molar-refractivity contribution in [2.24, 2.45) is 0 Å². The monoisotopic (exact) mass is 640 g/mol. The number of alkyl halides is 6. The van der Waals surface area contributed by atoms with Gasteiger partial charge in [0.1, 0.15) is 11.0 Å². The molecular formula is C37H22F6N2O2. The summed E-state index contributed by atoms with van der Waals surface area (Å²) in [5.74, 6) is 0.628. The Balaban J connectivity index is 1.28. The van der Waals surface area contributed by atoms with E-state index in [2.05, 4.69) is 9.97 Å². The maximum atomic E-state index is 14.6. The first-order valence-electron chi connectivity index (χ1n) is 14.6. The zero-order chi connectivity index (χ0) is 32.9. The van der Waals surface area contributed by atoms with Gasteiger partial charge >= 0.3 is 12.4 Å². The van der Waals surface area contributed by atoms with Crippen LogP contribution in [0.3, 0.4) is 0 Å². The highest BCUT2D eigenvalue weighted by Crippen LogP contribution is 2.56. The number of fused-ring (bicyclic) bond motifs is 9. The van der Waals surface area contributed by atoms with Crippen LogP contribution in [0.5, 0.6) is 0 Å². The number of aryl methyl sites for hydroxylation is 2. The summed E-state index contributed by atoms with van der Waals surface area (Å²) < 4.78 is 99.6. The molecule has 47 heavy (non-hydrogen) atoms. The van der Waals surface area contributed by atoms with Gasteiger partial charge in [-0.3, -0.25) is 0 Å². The molecule has 0 aliphatic rings. The van der Waals surface area contributed by atoms with Gasteiger partial charge in [-0.05, 0) is 76.0 Å². The van der Waals surface area contributed by atoms with Gasteiger partial charge in [0.15, 0.2) is 17.1 Å². The van der Waals surface area contributed by atoms with Crippen LogP contribution in [0.25, 0.3) is 66.0 Å². The van der Waals surface area contributed by atoms with Gasteiger partial charge in [0.2, 0.25) is 11.3 Å². The largest absolute Gasteiger partial charge is 0.440 e. The number of hydrogen-bond donors (Lipinski definition) is 0. The van der Waals surface area contributed by atoms with Crippen molar-refractivity contribution < 1.29 is 35.2 Å². The summed E-state index contributed by atoms with van der Waals surface area (Å²) in [6.07, 6.45) is -11.4. The Labute approximate surface area is 262 Å². The second kappa shape index (κ2) is 9.81. The standard InChI is InChI=1S/C37H22F6N2O2/c1-19-3-9-23(10-4-19)35(36(38,39)40,37(41,42)43)24-11-5-22(6-12-24)34-45-30-18-16-26-28(33(30)47-34)14-8-21-7-13-27-25(31(21)26)15-17-29-32(27)46-20(2)44-29/h3-18H,1-2H3. The van der Waals surface area contributed by atoms with Crippen LogP contribution < -0.4 is 0 Å². The molecule has 0 atom stereocenters. The highest BCUT2D eigenvalue weighted by Gasteiger charge is 2.72. The first-order chi connectivity index (χ1) is 22.4. The van der Waals surface area contributed by atoms with Crippen molar-refractivity contribution in [3.8, 4) is 11.5 Å². The molecule has 0 aliphatic heterocycles. The lowest BCUT2D eigenvalue weighted by atomic mass is 9.72. The summed E-state index contributed by atoms with van der Waals surface area (Å²) in [6.45, 7) is 3.38. The summed E-state index contributed by atoms with van der Waals surface area (Å²) in [5, 5.41) is 5.44. The first-order valence-corrected chi connectivity index (χ1v) is 14.6. The zero-order valence-corrected chi connectivity index (χ0v) is 24.7. The van der Waals surface area contributed by atoms with Crippen LogP contribution in [-0.4, -0.2) is 22.3 Å². The predicted molar refractivity (Wildman–Crippen MR) is 168 cm³/mol. The molecule has 6 aromatic carbocycles. The Morgan fingerprint density at radius 2 is 1.00 bits per heavy atom. The van der Waals surface area contributed by atoms with Crippen molar-refractivity contribution in [1.82, 2.24) is 9.97 Å². The molecule has 0 fully saturated rings. The van der Waals surface area contributed by atoms with Gasteiger partial charge in [-0.1, -0.05) is 66.2 Å². The van der Waals surface area contributed by atoms with Crippen LogP contribution in [0.1, 0.15) is 22.6 Å². The molecule has 0 saturated carbocycles. The molecule has 234 valence electrons. The normalized spacial score (nSPS) is 13.1. The number of nitrogens with zero attached hydrogens (tertiary/aromatic N) is 2. The van der Waals surface area contributed by atoms with Gasteiger partial charge in [-0.15, -0.1) is 0 Å². The van der Waals surface area contributed by atoms with Crippen LogP contribution in [0, 0.1) is 13.8 Å². The SMILES string of the molecule is Cc1ccc(C(c2ccc(-c3nc4ccc5c(ccc6ccc7c(ccc8nc(C)oc87)c65)c4o3)cc2)(C(F)(F)F)C(F)(F)F)cc1. The molecule has 0 aliphatic carbocycles. The van der Waals surface area contributed by atoms with Crippen LogP contribution in [0.2, 0.25) is 0 Å². The van der Waals surface area contributed by atoms with E-state index in [9.17, 15) is 26.3 Å².